The topological polar surface area (TPSA) is 95.1 Å². The molecule has 0 unspecified atom stereocenters. The van der Waals surface area contributed by atoms with Gasteiger partial charge in [0.25, 0.3) is 0 Å². The fourth-order valence-electron chi connectivity index (χ4n) is 2.24. The summed E-state index contributed by atoms with van der Waals surface area (Å²) in [6.07, 6.45) is 0.398. The van der Waals surface area contributed by atoms with Gasteiger partial charge in [-0.15, -0.1) is 0 Å². The van der Waals surface area contributed by atoms with Gasteiger partial charge in [-0.05, 0) is 66.5 Å². The van der Waals surface area contributed by atoms with Crippen LogP contribution in [0.5, 0.6) is 11.5 Å². The van der Waals surface area contributed by atoms with Gasteiger partial charge in [0.15, 0.2) is 0 Å². The zero-order valence-corrected chi connectivity index (χ0v) is 22.9. The molecule has 0 radical (unpaired) electrons. The molecule has 0 spiro atoms. The summed E-state index contributed by atoms with van der Waals surface area (Å²) < 4.78 is 22.7. The third-order valence-electron chi connectivity index (χ3n) is 3.36. The molecule has 0 heterocycles. The number of alkyl carbamates (subject to hydrolysis) is 2. The fraction of sp³-hybridized carbons (Fsp3) is 0.667. The lowest BCUT2D eigenvalue weighted by Gasteiger charge is -2.19. The lowest BCUT2D eigenvalue weighted by atomic mass is 10.2. The van der Waals surface area contributed by atoms with E-state index in [1.807, 2.05) is 67.5 Å². The van der Waals surface area contributed by atoms with Crippen LogP contribution in [-0.2, 0) is 9.47 Å². The van der Waals surface area contributed by atoms with Crippen LogP contribution in [0.3, 0.4) is 0 Å². The van der Waals surface area contributed by atoms with E-state index in [1.54, 1.807) is 6.07 Å². The van der Waals surface area contributed by atoms with Gasteiger partial charge in [0.05, 0.1) is 13.2 Å². The summed E-state index contributed by atoms with van der Waals surface area (Å²) in [6.45, 7) is 16.7. The van der Waals surface area contributed by atoms with Gasteiger partial charge in [-0.2, -0.15) is 0 Å². The number of carbonyl (C=O) groups is 2. The van der Waals surface area contributed by atoms with Crippen LogP contribution >= 0.6 is 15.9 Å². The van der Waals surface area contributed by atoms with Crippen molar-refractivity contribution in [1.29, 1.82) is 0 Å². The number of benzene rings is 1. The average molecular weight is 534 g/mol. The first-order valence-electron chi connectivity index (χ1n) is 11.3. The molecule has 8 nitrogen and oxygen atoms in total. The maximum Gasteiger partial charge on any atom is 0.407 e. The Labute approximate surface area is 207 Å². The average Bonchev–Trinajstić information content (AvgIpc) is 2.66. The standard InChI is InChI=1S/C22H35BrN2O6.C2H6/c1-21(2,3)30-19(26)24-9-7-11-28-17-13-16(23)14-18(15-17)29-12-8-10-25-20(27)31-22(4,5)6;1-2/h13-15H,7-12H2,1-6H3,(H,24,26)(H,25,27);1-2H3. The third kappa shape index (κ3) is 18.0. The van der Waals surface area contributed by atoms with Gasteiger partial charge in [0, 0.05) is 23.6 Å². The molecule has 0 fully saturated rings. The first-order chi connectivity index (χ1) is 15.3. The number of hydrogen-bond donors (Lipinski definition) is 2. The lowest BCUT2D eigenvalue weighted by molar-refractivity contribution is 0.0514. The van der Waals surface area contributed by atoms with E-state index < -0.39 is 23.4 Å². The van der Waals surface area contributed by atoms with Gasteiger partial charge in [-0.1, -0.05) is 29.8 Å². The predicted octanol–water partition coefficient (Wildman–Crippen LogP) is 6.06. The van der Waals surface area contributed by atoms with Gasteiger partial charge in [-0.25, -0.2) is 9.59 Å². The lowest BCUT2D eigenvalue weighted by Crippen LogP contribution is -2.33. The minimum atomic E-state index is -0.515. The molecule has 9 heteroatoms. The molecule has 0 bridgehead atoms. The molecule has 2 amide bonds. The molecule has 1 aromatic carbocycles. The van der Waals surface area contributed by atoms with E-state index in [-0.39, 0.29) is 0 Å². The molecular weight excluding hydrogens is 492 g/mol. The first-order valence-corrected chi connectivity index (χ1v) is 12.1. The quantitative estimate of drug-likeness (QED) is 0.355. The Balaban J connectivity index is 0.00000497. The maximum absolute atomic E-state index is 11.6. The number of rotatable bonds is 10. The second-order valence-electron chi connectivity index (χ2n) is 8.88. The minimum absolute atomic E-state index is 0.436. The van der Waals surface area contributed by atoms with E-state index >= 15 is 0 Å². The monoisotopic (exact) mass is 532 g/mol. The second-order valence-corrected chi connectivity index (χ2v) is 9.80. The number of halogens is 1. The van der Waals surface area contributed by atoms with Crippen molar-refractivity contribution in [2.45, 2.75) is 79.4 Å². The smallest absolute Gasteiger partial charge is 0.407 e. The van der Waals surface area contributed by atoms with Gasteiger partial charge in [0.1, 0.15) is 22.7 Å². The van der Waals surface area contributed by atoms with Crippen LogP contribution in [0.25, 0.3) is 0 Å². The van der Waals surface area contributed by atoms with E-state index in [2.05, 4.69) is 26.6 Å². The number of nitrogens with one attached hydrogen (secondary N) is 2. The van der Waals surface area contributed by atoms with Crippen LogP contribution in [-0.4, -0.2) is 49.7 Å². The van der Waals surface area contributed by atoms with Crippen LogP contribution in [0.2, 0.25) is 0 Å². The van der Waals surface area contributed by atoms with Crippen molar-refractivity contribution in [3.05, 3.63) is 22.7 Å². The molecule has 0 atom stereocenters. The summed E-state index contributed by atoms with van der Waals surface area (Å²) in [7, 11) is 0. The van der Waals surface area contributed by atoms with Crippen molar-refractivity contribution in [1.82, 2.24) is 10.6 Å². The molecule has 33 heavy (non-hydrogen) atoms. The highest BCUT2D eigenvalue weighted by molar-refractivity contribution is 9.10. The molecule has 0 saturated carbocycles. The molecule has 0 aliphatic rings. The normalized spacial score (nSPS) is 10.9. The molecule has 190 valence electrons. The van der Waals surface area contributed by atoms with Crippen LogP contribution in [0, 0.1) is 0 Å². The zero-order chi connectivity index (χ0) is 25.5. The van der Waals surface area contributed by atoms with E-state index in [9.17, 15) is 9.59 Å². The van der Waals surface area contributed by atoms with Gasteiger partial charge < -0.3 is 29.6 Å². The van der Waals surface area contributed by atoms with Crippen LogP contribution in [0.1, 0.15) is 68.2 Å². The predicted molar refractivity (Wildman–Crippen MR) is 134 cm³/mol. The summed E-state index contributed by atoms with van der Waals surface area (Å²) >= 11 is 3.45. The summed E-state index contributed by atoms with van der Waals surface area (Å²) in [5.41, 5.74) is -1.03. The van der Waals surface area contributed by atoms with Gasteiger partial charge >= 0.3 is 12.2 Å². The highest BCUT2D eigenvalue weighted by Gasteiger charge is 2.16. The third-order valence-corrected chi connectivity index (χ3v) is 3.82. The Bertz CT molecular complexity index is 658. The summed E-state index contributed by atoms with van der Waals surface area (Å²) in [5.74, 6) is 1.32. The molecule has 1 rings (SSSR count). The second kappa shape index (κ2) is 15.6. The number of amides is 2. The number of ether oxygens (including phenoxy) is 4. The van der Waals surface area contributed by atoms with E-state index in [0.29, 0.717) is 50.6 Å². The van der Waals surface area contributed by atoms with Crippen molar-refractivity contribution in [3.63, 3.8) is 0 Å². The minimum Gasteiger partial charge on any atom is -0.493 e. The SMILES string of the molecule is CC.CC(C)(C)OC(=O)NCCCOc1cc(Br)cc(OCCCNC(=O)OC(C)(C)C)c1. The summed E-state index contributed by atoms with van der Waals surface area (Å²) in [5, 5.41) is 5.39. The largest absolute Gasteiger partial charge is 0.493 e. The van der Waals surface area contributed by atoms with Crippen LogP contribution in [0.15, 0.2) is 22.7 Å². The Hall–Kier alpha value is -2.16. The molecule has 2 N–H and O–H groups in total. The molecular formula is C24H41BrN2O6. The Morgan fingerprint density at radius 1 is 0.758 bits per heavy atom. The molecule has 1 aromatic rings. The van der Waals surface area contributed by atoms with Crippen molar-refractivity contribution >= 4 is 28.1 Å². The van der Waals surface area contributed by atoms with Crippen molar-refractivity contribution in [2.24, 2.45) is 0 Å². The highest BCUT2D eigenvalue weighted by atomic mass is 79.9. The van der Waals surface area contributed by atoms with Gasteiger partial charge in [-0.3, -0.25) is 0 Å². The highest BCUT2D eigenvalue weighted by Crippen LogP contribution is 2.26. The Morgan fingerprint density at radius 3 is 1.45 bits per heavy atom. The van der Waals surface area contributed by atoms with Crippen molar-refractivity contribution in [3.8, 4) is 11.5 Å². The van der Waals surface area contributed by atoms with E-state index in [1.165, 1.54) is 0 Å². The van der Waals surface area contributed by atoms with Crippen LogP contribution in [0.4, 0.5) is 9.59 Å². The Morgan fingerprint density at radius 2 is 1.12 bits per heavy atom. The fourth-order valence-corrected chi connectivity index (χ4v) is 2.69. The number of hydrogen-bond acceptors (Lipinski definition) is 6. The van der Waals surface area contributed by atoms with E-state index in [0.717, 1.165) is 4.47 Å². The van der Waals surface area contributed by atoms with Crippen LogP contribution < -0.4 is 20.1 Å². The van der Waals surface area contributed by atoms with E-state index in [4.69, 9.17) is 18.9 Å². The zero-order valence-electron chi connectivity index (χ0n) is 21.3. The molecule has 0 aliphatic carbocycles. The van der Waals surface area contributed by atoms with Crippen molar-refractivity contribution < 1.29 is 28.5 Å². The molecule has 0 aromatic heterocycles. The molecule has 0 saturated heterocycles. The van der Waals surface area contributed by atoms with Gasteiger partial charge in [0.2, 0.25) is 0 Å². The van der Waals surface area contributed by atoms with Crippen molar-refractivity contribution in [2.75, 3.05) is 26.3 Å². The number of carbonyl (C=O) groups excluding carboxylic acids is 2. The Kier molecular flexibility index (Phi) is 14.6. The summed E-state index contributed by atoms with van der Waals surface area (Å²) in [4.78, 5) is 23.2. The molecule has 0 aliphatic heterocycles. The maximum atomic E-state index is 11.6. The summed E-state index contributed by atoms with van der Waals surface area (Å²) in [6, 6.07) is 5.49. The first kappa shape index (κ1) is 30.8.